The van der Waals surface area contributed by atoms with Gasteiger partial charge in [0.25, 0.3) is 0 Å². The number of hydrogen-bond acceptors (Lipinski definition) is 4. The Kier molecular flexibility index (Phi) is 5.15. The summed E-state index contributed by atoms with van der Waals surface area (Å²) in [5.74, 6) is 1.19. The molecule has 1 aromatic heterocycles. The first-order chi connectivity index (χ1) is 9.28. The van der Waals surface area contributed by atoms with Crippen LogP contribution in [0.2, 0.25) is 0 Å². The molecule has 2 aromatic rings. The molecule has 0 saturated heterocycles. The van der Waals surface area contributed by atoms with Gasteiger partial charge in [0.1, 0.15) is 6.61 Å². The number of halogens is 1. The van der Waals surface area contributed by atoms with Gasteiger partial charge in [-0.1, -0.05) is 35.0 Å². The second-order valence-corrected chi connectivity index (χ2v) is 4.98. The standard InChI is InChI=1S/C14H16BrN3O/c1-2-8-16-14-17-9-7-13(18-14)19-10-11-3-5-12(15)6-4-11/h3-7,9H,2,8,10H2,1H3,(H,16,17,18). The van der Waals surface area contributed by atoms with E-state index in [2.05, 4.69) is 38.1 Å². The van der Waals surface area contributed by atoms with Gasteiger partial charge in [-0.15, -0.1) is 0 Å². The van der Waals surface area contributed by atoms with Crippen LogP contribution < -0.4 is 10.1 Å². The molecule has 0 aliphatic heterocycles. The summed E-state index contributed by atoms with van der Waals surface area (Å²) in [6.45, 7) is 3.45. The lowest BCUT2D eigenvalue weighted by Gasteiger charge is -2.07. The second-order valence-electron chi connectivity index (χ2n) is 4.06. The van der Waals surface area contributed by atoms with Crippen LogP contribution in [0.5, 0.6) is 5.88 Å². The Morgan fingerprint density at radius 3 is 2.74 bits per heavy atom. The van der Waals surface area contributed by atoms with Gasteiger partial charge in [0.05, 0.1) is 0 Å². The van der Waals surface area contributed by atoms with E-state index in [1.165, 1.54) is 0 Å². The molecule has 0 bridgehead atoms. The van der Waals surface area contributed by atoms with Crippen LogP contribution >= 0.6 is 15.9 Å². The Balaban J connectivity index is 1.93. The SMILES string of the molecule is CCCNc1nccc(OCc2ccc(Br)cc2)n1. The highest BCUT2D eigenvalue weighted by molar-refractivity contribution is 9.10. The van der Waals surface area contributed by atoms with Gasteiger partial charge in [-0.3, -0.25) is 0 Å². The van der Waals surface area contributed by atoms with Crippen molar-refractivity contribution in [1.82, 2.24) is 9.97 Å². The molecule has 4 nitrogen and oxygen atoms in total. The van der Waals surface area contributed by atoms with E-state index in [-0.39, 0.29) is 0 Å². The van der Waals surface area contributed by atoms with Crippen LogP contribution in [0.4, 0.5) is 5.95 Å². The molecule has 1 heterocycles. The molecular formula is C14H16BrN3O. The molecule has 0 fully saturated rings. The van der Waals surface area contributed by atoms with E-state index >= 15 is 0 Å². The van der Waals surface area contributed by atoms with Crippen LogP contribution in [0, 0.1) is 0 Å². The number of anilines is 1. The van der Waals surface area contributed by atoms with Crippen molar-refractivity contribution in [3.05, 3.63) is 46.6 Å². The van der Waals surface area contributed by atoms with E-state index in [1.54, 1.807) is 12.3 Å². The monoisotopic (exact) mass is 321 g/mol. The van der Waals surface area contributed by atoms with Gasteiger partial charge in [-0.2, -0.15) is 4.98 Å². The van der Waals surface area contributed by atoms with Crippen molar-refractivity contribution in [3.8, 4) is 5.88 Å². The summed E-state index contributed by atoms with van der Waals surface area (Å²) >= 11 is 3.41. The van der Waals surface area contributed by atoms with Crippen molar-refractivity contribution in [2.45, 2.75) is 20.0 Å². The zero-order valence-corrected chi connectivity index (χ0v) is 12.4. The predicted molar refractivity (Wildman–Crippen MR) is 79.3 cm³/mol. The molecule has 0 saturated carbocycles. The second kappa shape index (κ2) is 7.09. The minimum Gasteiger partial charge on any atom is -0.473 e. The summed E-state index contributed by atoms with van der Waals surface area (Å²) in [4.78, 5) is 8.42. The fraction of sp³-hybridized carbons (Fsp3) is 0.286. The lowest BCUT2D eigenvalue weighted by molar-refractivity contribution is 0.293. The Morgan fingerprint density at radius 1 is 1.21 bits per heavy atom. The smallest absolute Gasteiger partial charge is 0.225 e. The molecule has 0 aliphatic rings. The summed E-state index contributed by atoms with van der Waals surface area (Å²) in [7, 11) is 0. The fourth-order valence-corrected chi connectivity index (χ4v) is 1.75. The first-order valence-electron chi connectivity index (χ1n) is 6.22. The minimum atomic E-state index is 0.498. The van der Waals surface area contributed by atoms with Gasteiger partial charge in [0.2, 0.25) is 11.8 Å². The number of nitrogens with zero attached hydrogens (tertiary/aromatic N) is 2. The number of benzene rings is 1. The van der Waals surface area contributed by atoms with Crippen LogP contribution in [0.1, 0.15) is 18.9 Å². The van der Waals surface area contributed by atoms with E-state index in [9.17, 15) is 0 Å². The van der Waals surface area contributed by atoms with E-state index in [1.807, 2.05) is 24.3 Å². The van der Waals surface area contributed by atoms with Crippen LogP contribution in [0.15, 0.2) is 41.0 Å². The normalized spacial score (nSPS) is 10.2. The molecule has 1 N–H and O–H groups in total. The molecule has 0 aliphatic carbocycles. The summed E-state index contributed by atoms with van der Waals surface area (Å²) in [6.07, 6.45) is 2.73. The summed E-state index contributed by atoms with van der Waals surface area (Å²) in [5, 5.41) is 3.13. The number of nitrogens with one attached hydrogen (secondary N) is 1. The van der Waals surface area contributed by atoms with Gasteiger partial charge in [0, 0.05) is 23.3 Å². The lowest BCUT2D eigenvalue weighted by Crippen LogP contribution is -2.05. The molecule has 0 radical (unpaired) electrons. The van der Waals surface area contributed by atoms with Crippen LogP contribution in [0.3, 0.4) is 0 Å². The third-order valence-electron chi connectivity index (χ3n) is 2.46. The highest BCUT2D eigenvalue weighted by Crippen LogP contribution is 2.14. The van der Waals surface area contributed by atoms with Crippen molar-refractivity contribution >= 4 is 21.9 Å². The maximum atomic E-state index is 5.65. The van der Waals surface area contributed by atoms with E-state index in [4.69, 9.17) is 4.74 Å². The molecule has 2 rings (SSSR count). The predicted octanol–water partition coefficient (Wildman–Crippen LogP) is 3.64. The zero-order valence-electron chi connectivity index (χ0n) is 10.8. The van der Waals surface area contributed by atoms with Crippen molar-refractivity contribution in [2.24, 2.45) is 0 Å². The lowest BCUT2D eigenvalue weighted by atomic mass is 10.2. The third-order valence-corrected chi connectivity index (χ3v) is 2.99. The van der Waals surface area contributed by atoms with Gasteiger partial charge in [-0.05, 0) is 24.1 Å². The summed E-state index contributed by atoms with van der Waals surface area (Å²) < 4.78 is 6.71. The molecule has 1 aromatic carbocycles. The highest BCUT2D eigenvalue weighted by Gasteiger charge is 2.00. The molecule has 19 heavy (non-hydrogen) atoms. The Hall–Kier alpha value is -1.62. The average molecular weight is 322 g/mol. The molecule has 0 unspecified atom stereocenters. The van der Waals surface area contributed by atoms with Crippen molar-refractivity contribution in [3.63, 3.8) is 0 Å². The van der Waals surface area contributed by atoms with E-state index in [0.717, 1.165) is 23.0 Å². The first-order valence-corrected chi connectivity index (χ1v) is 7.01. The van der Waals surface area contributed by atoms with Gasteiger partial charge < -0.3 is 10.1 Å². The van der Waals surface area contributed by atoms with E-state index < -0.39 is 0 Å². The van der Waals surface area contributed by atoms with Gasteiger partial charge >= 0.3 is 0 Å². The topological polar surface area (TPSA) is 47.0 Å². The Labute approximate surface area is 121 Å². The average Bonchev–Trinajstić information content (AvgIpc) is 2.45. The minimum absolute atomic E-state index is 0.498. The third kappa shape index (κ3) is 4.52. The van der Waals surface area contributed by atoms with E-state index in [0.29, 0.717) is 18.4 Å². The Morgan fingerprint density at radius 2 is 2.00 bits per heavy atom. The van der Waals surface area contributed by atoms with Crippen LogP contribution in [0.25, 0.3) is 0 Å². The fourth-order valence-electron chi connectivity index (χ4n) is 1.48. The summed E-state index contributed by atoms with van der Waals surface area (Å²) in [6, 6.07) is 9.78. The Bertz CT molecular complexity index is 516. The maximum Gasteiger partial charge on any atom is 0.225 e. The van der Waals surface area contributed by atoms with Crippen molar-refractivity contribution in [2.75, 3.05) is 11.9 Å². The molecule has 100 valence electrons. The highest BCUT2D eigenvalue weighted by atomic mass is 79.9. The molecule has 5 heteroatoms. The van der Waals surface area contributed by atoms with Crippen molar-refractivity contribution < 1.29 is 4.74 Å². The number of rotatable bonds is 6. The first kappa shape index (κ1) is 13.8. The molecule has 0 spiro atoms. The summed E-state index contributed by atoms with van der Waals surface area (Å²) in [5.41, 5.74) is 1.10. The number of ether oxygens (including phenoxy) is 1. The van der Waals surface area contributed by atoms with Crippen LogP contribution in [-0.4, -0.2) is 16.5 Å². The number of hydrogen-bond donors (Lipinski definition) is 1. The molecule has 0 atom stereocenters. The van der Waals surface area contributed by atoms with Gasteiger partial charge in [0.15, 0.2) is 0 Å². The molecule has 0 amide bonds. The largest absolute Gasteiger partial charge is 0.473 e. The van der Waals surface area contributed by atoms with Crippen molar-refractivity contribution in [1.29, 1.82) is 0 Å². The van der Waals surface area contributed by atoms with Crippen LogP contribution in [-0.2, 0) is 6.61 Å². The zero-order chi connectivity index (χ0) is 13.5. The van der Waals surface area contributed by atoms with Gasteiger partial charge in [-0.25, -0.2) is 4.98 Å². The number of aromatic nitrogens is 2. The maximum absolute atomic E-state index is 5.65. The quantitative estimate of drug-likeness (QED) is 0.882. The molecular weight excluding hydrogens is 306 g/mol.